The molecule has 0 bridgehead atoms. The number of rotatable bonds is 53. The number of hydrogen-bond acceptors (Lipinski definition) is 6. The lowest BCUT2D eigenvalue weighted by Gasteiger charge is -2.18. The molecule has 0 radical (unpaired) electrons. The number of esters is 3. The van der Waals surface area contributed by atoms with E-state index in [0.29, 0.717) is 19.3 Å². The molecule has 392 valence electrons. The normalized spacial score (nSPS) is 13.0. The molecule has 66 heavy (non-hydrogen) atoms. The van der Waals surface area contributed by atoms with Gasteiger partial charge in [-0.1, -0.05) is 292 Å². The van der Waals surface area contributed by atoms with Gasteiger partial charge in [0.2, 0.25) is 0 Å². The summed E-state index contributed by atoms with van der Waals surface area (Å²) in [4.78, 5) is 38.2. The standard InChI is InChI=1S/C60H116O6/c1-7-55(5)47-41-35-29-23-17-13-9-10-14-18-25-31-37-43-49-58(61)64-52-57(66-60(63)51-45-39-33-27-21-20-24-30-36-42-48-56(6)8-2)53-65-59(62)50-44-38-32-26-19-15-11-12-16-22-28-34-40-46-54(3)4/h54-57H,7-53H2,1-6H3/t55?,56?,57-/m0/s1. The van der Waals surface area contributed by atoms with E-state index in [9.17, 15) is 14.4 Å². The summed E-state index contributed by atoms with van der Waals surface area (Å²) in [5.74, 6) is 1.76. The highest BCUT2D eigenvalue weighted by Crippen LogP contribution is 2.19. The number of carbonyl (C=O) groups is 3. The largest absolute Gasteiger partial charge is 0.462 e. The number of unbranched alkanes of at least 4 members (excludes halogenated alkanes) is 34. The molecule has 0 N–H and O–H groups in total. The molecule has 0 aromatic rings. The van der Waals surface area contributed by atoms with Gasteiger partial charge in [-0.3, -0.25) is 14.4 Å². The molecule has 0 saturated carbocycles. The van der Waals surface area contributed by atoms with Crippen LogP contribution < -0.4 is 0 Å². The van der Waals surface area contributed by atoms with Crippen LogP contribution in [-0.2, 0) is 28.6 Å². The zero-order chi connectivity index (χ0) is 48.4. The molecule has 0 saturated heterocycles. The molecule has 3 atom stereocenters. The van der Waals surface area contributed by atoms with Crippen molar-refractivity contribution < 1.29 is 28.6 Å². The summed E-state index contributed by atoms with van der Waals surface area (Å²) in [7, 11) is 0. The molecule has 0 amide bonds. The fourth-order valence-electron chi connectivity index (χ4n) is 9.11. The van der Waals surface area contributed by atoms with E-state index in [2.05, 4.69) is 41.5 Å². The minimum Gasteiger partial charge on any atom is -0.462 e. The Morgan fingerprint density at radius 2 is 0.530 bits per heavy atom. The van der Waals surface area contributed by atoms with E-state index in [4.69, 9.17) is 14.2 Å². The second-order valence-corrected chi connectivity index (χ2v) is 21.6. The Hall–Kier alpha value is -1.59. The van der Waals surface area contributed by atoms with E-state index >= 15 is 0 Å². The van der Waals surface area contributed by atoms with Gasteiger partial charge in [0.15, 0.2) is 6.10 Å². The van der Waals surface area contributed by atoms with Gasteiger partial charge in [-0.25, -0.2) is 0 Å². The molecule has 0 heterocycles. The van der Waals surface area contributed by atoms with Gasteiger partial charge in [-0.2, -0.15) is 0 Å². The van der Waals surface area contributed by atoms with E-state index in [1.807, 2.05) is 0 Å². The van der Waals surface area contributed by atoms with Crippen molar-refractivity contribution in [3.05, 3.63) is 0 Å². The third kappa shape index (κ3) is 50.3. The summed E-state index contributed by atoms with van der Waals surface area (Å²) >= 11 is 0. The molecular formula is C60H116O6. The molecule has 0 fully saturated rings. The SMILES string of the molecule is CCC(C)CCCCCCCCCCCCCCCCC(=O)OC[C@@H](COC(=O)CCCCCCCCCCCCCCCC(C)C)OC(=O)CCCCCCCCCCCCC(C)CC. The maximum Gasteiger partial charge on any atom is 0.306 e. The number of hydrogen-bond donors (Lipinski definition) is 0. The minimum absolute atomic E-state index is 0.0635. The first kappa shape index (κ1) is 64.4. The molecule has 6 nitrogen and oxygen atoms in total. The molecule has 0 rings (SSSR count). The molecule has 0 aromatic carbocycles. The predicted molar refractivity (Wildman–Crippen MR) is 284 cm³/mol. The highest BCUT2D eigenvalue weighted by Gasteiger charge is 2.19. The summed E-state index contributed by atoms with van der Waals surface area (Å²) in [6.07, 6.45) is 53.6. The van der Waals surface area contributed by atoms with Crippen LogP contribution in [0, 0.1) is 17.8 Å². The first-order valence-corrected chi connectivity index (χ1v) is 29.7. The molecule has 0 aliphatic heterocycles. The fraction of sp³-hybridized carbons (Fsp3) is 0.950. The Labute approximate surface area is 412 Å². The molecule has 2 unspecified atom stereocenters. The minimum atomic E-state index is -0.764. The van der Waals surface area contributed by atoms with Crippen LogP contribution in [0.4, 0.5) is 0 Å². The van der Waals surface area contributed by atoms with Crippen LogP contribution in [0.15, 0.2) is 0 Å². The van der Waals surface area contributed by atoms with Crippen molar-refractivity contribution in [2.24, 2.45) is 17.8 Å². The van der Waals surface area contributed by atoms with Gasteiger partial charge in [-0.05, 0) is 37.0 Å². The summed E-state index contributed by atoms with van der Waals surface area (Å²) in [5.41, 5.74) is 0. The average Bonchev–Trinajstić information content (AvgIpc) is 3.30. The predicted octanol–water partition coefficient (Wildman–Crippen LogP) is 19.5. The lowest BCUT2D eigenvalue weighted by atomic mass is 9.99. The summed E-state index contributed by atoms with van der Waals surface area (Å²) in [5, 5.41) is 0. The zero-order valence-corrected chi connectivity index (χ0v) is 45.5. The van der Waals surface area contributed by atoms with Gasteiger partial charge in [0, 0.05) is 19.3 Å². The van der Waals surface area contributed by atoms with Crippen LogP contribution in [0.3, 0.4) is 0 Å². The maximum atomic E-state index is 12.9. The van der Waals surface area contributed by atoms with Crippen molar-refractivity contribution in [3.8, 4) is 0 Å². The van der Waals surface area contributed by atoms with E-state index in [-0.39, 0.29) is 31.1 Å². The Bertz CT molecular complexity index is 1030. The first-order valence-electron chi connectivity index (χ1n) is 29.7. The van der Waals surface area contributed by atoms with Gasteiger partial charge in [-0.15, -0.1) is 0 Å². The molecule has 0 aromatic heterocycles. The Morgan fingerprint density at radius 1 is 0.303 bits per heavy atom. The Morgan fingerprint density at radius 3 is 0.788 bits per heavy atom. The topological polar surface area (TPSA) is 78.9 Å². The highest BCUT2D eigenvalue weighted by atomic mass is 16.6. The van der Waals surface area contributed by atoms with Crippen molar-refractivity contribution in [1.29, 1.82) is 0 Å². The maximum absolute atomic E-state index is 12.9. The lowest BCUT2D eigenvalue weighted by Crippen LogP contribution is -2.30. The van der Waals surface area contributed by atoms with Crippen molar-refractivity contribution >= 4 is 17.9 Å². The lowest BCUT2D eigenvalue weighted by molar-refractivity contribution is -0.167. The van der Waals surface area contributed by atoms with Crippen LogP contribution in [0.2, 0.25) is 0 Å². The van der Waals surface area contributed by atoms with E-state index < -0.39 is 6.10 Å². The van der Waals surface area contributed by atoms with E-state index in [1.165, 1.54) is 212 Å². The summed E-state index contributed by atoms with van der Waals surface area (Å²) in [6.45, 7) is 13.8. The monoisotopic (exact) mass is 933 g/mol. The molecule has 0 aliphatic carbocycles. The Balaban J connectivity index is 4.30. The average molecular weight is 934 g/mol. The third-order valence-corrected chi connectivity index (χ3v) is 14.4. The molecular weight excluding hydrogens is 817 g/mol. The number of ether oxygens (including phenoxy) is 3. The van der Waals surface area contributed by atoms with E-state index in [0.717, 1.165) is 75.5 Å². The van der Waals surface area contributed by atoms with Gasteiger partial charge >= 0.3 is 17.9 Å². The van der Waals surface area contributed by atoms with Crippen molar-refractivity contribution in [2.75, 3.05) is 13.2 Å². The van der Waals surface area contributed by atoms with Crippen molar-refractivity contribution in [3.63, 3.8) is 0 Å². The second-order valence-electron chi connectivity index (χ2n) is 21.6. The fourth-order valence-corrected chi connectivity index (χ4v) is 9.11. The quantitative estimate of drug-likeness (QED) is 0.0343. The van der Waals surface area contributed by atoms with Crippen molar-refractivity contribution in [2.45, 2.75) is 337 Å². The van der Waals surface area contributed by atoms with Gasteiger partial charge < -0.3 is 14.2 Å². The Kier molecular flexibility index (Phi) is 50.0. The number of carbonyl (C=O) groups excluding carboxylic acids is 3. The molecule has 0 aliphatic rings. The van der Waals surface area contributed by atoms with E-state index in [1.54, 1.807) is 0 Å². The summed E-state index contributed by atoms with van der Waals surface area (Å²) in [6, 6.07) is 0. The van der Waals surface area contributed by atoms with Crippen LogP contribution in [-0.4, -0.2) is 37.2 Å². The van der Waals surface area contributed by atoms with Crippen molar-refractivity contribution in [1.82, 2.24) is 0 Å². The smallest absolute Gasteiger partial charge is 0.306 e. The van der Waals surface area contributed by atoms with Crippen LogP contribution in [0.25, 0.3) is 0 Å². The van der Waals surface area contributed by atoms with Gasteiger partial charge in [0.25, 0.3) is 0 Å². The first-order chi connectivity index (χ1) is 32.2. The summed E-state index contributed by atoms with van der Waals surface area (Å²) < 4.78 is 16.9. The van der Waals surface area contributed by atoms with Gasteiger partial charge in [0.05, 0.1) is 0 Å². The third-order valence-electron chi connectivity index (χ3n) is 14.4. The van der Waals surface area contributed by atoms with Crippen LogP contribution >= 0.6 is 0 Å². The van der Waals surface area contributed by atoms with Gasteiger partial charge in [0.1, 0.15) is 13.2 Å². The van der Waals surface area contributed by atoms with Crippen LogP contribution in [0.1, 0.15) is 330 Å². The molecule has 6 heteroatoms. The second kappa shape index (κ2) is 51.3. The van der Waals surface area contributed by atoms with Crippen LogP contribution in [0.5, 0.6) is 0 Å². The molecule has 0 spiro atoms. The zero-order valence-electron chi connectivity index (χ0n) is 45.5. The highest BCUT2D eigenvalue weighted by molar-refractivity contribution is 5.71.